The Bertz CT molecular complexity index is 532. The molecule has 0 aliphatic carbocycles. The molecule has 1 amide bonds. The van der Waals surface area contributed by atoms with Crippen LogP contribution in [-0.2, 0) is 4.74 Å². The molecule has 1 atom stereocenters. The zero-order valence-corrected chi connectivity index (χ0v) is 12.2. The van der Waals surface area contributed by atoms with Gasteiger partial charge in [-0.25, -0.2) is 9.59 Å². The lowest BCUT2D eigenvalue weighted by molar-refractivity contribution is 0.0696. The van der Waals surface area contributed by atoms with E-state index in [9.17, 15) is 9.59 Å². The minimum absolute atomic E-state index is 0.0698. The van der Waals surface area contributed by atoms with Gasteiger partial charge in [0.25, 0.3) is 0 Å². The molecule has 21 heavy (non-hydrogen) atoms. The highest BCUT2D eigenvalue weighted by atomic mass is 35.5. The van der Waals surface area contributed by atoms with Gasteiger partial charge in [-0.1, -0.05) is 24.3 Å². The Morgan fingerprint density at radius 1 is 1.52 bits per heavy atom. The van der Waals surface area contributed by atoms with E-state index >= 15 is 0 Å². The summed E-state index contributed by atoms with van der Waals surface area (Å²) in [7, 11) is 0. The predicted molar refractivity (Wildman–Crippen MR) is 78.0 cm³/mol. The monoisotopic (exact) mass is 313 g/mol. The molecule has 7 heteroatoms. The number of nitrogens with one attached hydrogen (secondary N) is 1. The van der Waals surface area contributed by atoms with E-state index in [0.717, 1.165) is 0 Å². The van der Waals surface area contributed by atoms with Crippen LogP contribution in [0, 0.1) is 0 Å². The molecule has 1 rings (SSSR count). The standard InChI is InChI=1S/C14H16ClNO5/c1-3-6-20-14(19)16-9(2)8-21-12-7-10(13(17)18)4-5-11(12)15/h3-5,7,9H,1,6,8H2,2H3,(H,16,19)(H,17,18). The first-order valence-electron chi connectivity index (χ1n) is 6.14. The molecule has 114 valence electrons. The summed E-state index contributed by atoms with van der Waals surface area (Å²) in [5, 5.41) is 11.7. The van der Waals surface area contributed by atoms with Gasteiger partial charge in [0, 0.05) is 0 Å². The van der Waals surface area contributed by atoms with Crippen molar-refractivity contribution >= 4 is 23.7 Å². The number of carbonyl (C=O) groups is 2. The van der Waals surface area contributed by atoms with Crippen LogP contribution in [0.4, 0.5) is 4.79 Å². The quantitative estimate of drug-likeness (QED) is 0.756. The first-order chi connectivity index (χ1) is 9.93. The largest absolute Gasteiger partial charge is 0.490 e. The molecule has 0 aliphatic rings. The highest BCUT2D eigenvalue weighted by Crippen LogP contribution is 2.25. The molecular weight excluding hydrogens is 298 g/mol. The van der Waals surface area contributed by atoms with Gasteiger partial charge in [0.1, 0.15) is 19.0 Å². The van der Waals surface area contributed by atoms with Gasteiger partial charge in [0.15, 0.2) is 0 Å². The molecule has 1 aromatic carbocycles. The van der Waals surface area contributed by atoms with Crippen LogP contribution in [0.25, 0.3) is 0 Å². The molecule has 0 fully saturated rings. The Morgan fingerprint density at radius 2 is 2.24 bits per heavy atom. The summed E-state index contributed by atoms with van der Waals surface area (Å²) in [6.45, 7) is 5.37. The van der Waals surface area contributed by atoms with Gasteiger partial charge in [0.2, 0.25) is 0 Å². The third kappa shape index (κ3) is 5.74. The van der Waals surface area contributed by atoms with Gasteiger partial charge in [-0.3, -0.25) is 0 Å². The summed E-state index contributed by atoms with van der Waals surface area (Å²) in [6, 6.07) is 3.81. The Morgan fingerprint density at radius 3 is 2.86 bits per heavy atom. The number of benzene rings is 1. The first-order valence-corrected chi connectivity index (χ1v) is 6.51. The van der Waals surface area contributed by atoms with E-state index < -0.39 is 12.1 Å². The van der Waals surface area contributed by atoms with Crippen LogP contribution in [0.2, 0.25) is 5.02 Å². The maximum absolute atomic E-state index is 11.3. The topological polar surface area (TPSA) is 84.9 Å². The molecule has 0 saturated carbocycles. The summed E-state index contributed by atoms with van der Waals surface area (Å²) in [4.78, 5) is 22.2. The van der Waals surface area contributed by atoms with Crippen LogP contribution in [0.1, 0.15) is 17.3 Å². The third-order valence-electron chi connectivity index (χ3n) is 2.36. The van der Waals surface area contributed by atoms with Crippen molar-refractivity contribution in [2.75, 3.05) is 13.2 Å². The molecular formula is C14H16ClNO5. The van der Waals surface area contributed by atoms with Crippen molar-refractivity contribution < 1.29 is 24.2 Å². The molecule has 0 aromatic heterocycles. The zero-order chi connectivity index (χ0) is 15.8. The molecule has 0 spiro atoms. The van der Waals surface area contributed by atoms with E-state index in [1.807, 2.05) is 0 Å². The van der Waals surface area contributed by atoms with Crippen molar-refractivity contribution in [3.05, 3.63) is 41.4 Å². The Balaban J connectivity index is 2.54. The van der Waals surface area contributed by atoms with E-state index in [4.69, 9.17) is 26.2 Å². The Hall–Kier alpha value is -2.21. The highest BCUT2D eigenvalue weighted by Gasteiger charge is 2.12. The second-order valence-corrected chi connectivity index (χ2v) is 4.60. The van der Waals surface area contributed by atoms with Gasteiger partial charge in [-0.15, -0.1) is 0 Å². The number of carbonyl (C=O) groups excluding carboxylic acids is 1. The number of carboxylic acids is 1. The average Bonchev–Trinajstić information content (AvgIpc) is 2.43. The summed E-state index contributed by atoms with van der Waals surface area (Å²) in [5.74, 6) is -0.833. The van der Waals surface area contributed by atoms with E-state index in [2.05, 4.69) is 11.9 Å². The molecule has 6 nitrogen and oxygen atoms in total. The highest BCUT2D eigenvalue weighted by molar-refractivity contribution is 6.32. The van der Waals surface area contributed by atoms with Crippen molar-refractivity contribution in [2.45, 2.75) is 13.0 Å². The van der Waals surface area contributed by atoms with Crippen LogP contribution >= 0.6 is 11.6 Å². The maximum atomic E-state index is 11.3. The molecule has 2 N–H and O–H groups in total. The predicted octanol–water partition coefficient (Wildman–Crippen LogP) is 2.72. The molecule has 0 heterocycles. The van der Waals surface area contributed by atoms with Gasteiger partial charge in [-0.2, -0.15) is 0 Å². The van der Waals surface area contributed by atoms with Gasteiger partial charge < -0.3 is 19.9 Å². The van der Waals surface area contributed by atoms with E-state index in [0.29, 0.717) is 5.02 Å². The fourth-order valence-electron chi connectivity index (χ4n) is 1.38. The number of aromatic carboxylic acids is 1. The Kier molecular flexibility index (Phi) is 6.55. The lowest BCUT2D eigenvalue weighted by atomic mass is 10.2. The van der Waals surface area contributed by atoms with Gasteiger partial charge in [0.05, 0.1) is 16.6 Å². The van der Waals surface area contributed by atoms with Crippen molar-refractivity contribution in [2.24, 2.45) is 0 Å². The molecule has 0 saturated heterocycles. The van der Waals surface area contributed by atoms with Gasteiger partial charge >= 0.3 is 12.1 Å². The number of hydrogen-bond acceptors (Lipinski definition) is 4. The number of amides is 1. The molecule has 0 radical (unpaired) electrons. The van der Waals surface area contributed by atoms with Crippen LogP contribution in [0.3, 0.4) is 0 Å². The zero-order valence-electron chi connectivity index (χ0n) is 11.5. The van der Waals surface area contributed by atoms with Crippen LogP contribution in [0.5, 0.6) is 5.75 Å². The summed E-state index contributed by atoms with van der Waals surface area (Å²) in [6.07, 6.45) is 0.870. The summed E-state index contributed by atoms with van der Waals surface area (Å²) >= 11 is 5.92. The van der Waals surface area contributed by atoms with Gasteiger partial charge in [-0.05, 0) is 25.1 Å². The lowest BCUT2D eigenvalue weighted by Crippen LogP contribution is -2.37. The first kappa shape index (κ1) is 16.8. The number of hydrogen-bond donors (Lipinski definition) is 2. The third-order valence-corrected chi connectivity index (χ3v) is 2.68. The van der Waals surface area contributed by atoms with E-state index in [1.54, 1.807) is 6.92 Å². The van der Waals surface area contributed by atoms with Crippen molar-refractivity contribution in [1.29, 1.82) is 0 Å². The second-order valence-electron chi connectivity index (χ2n) is 4.19. The van der Waals surface area contributed by atoms with Crippen molar-refractivity contribution in [3.63, 3.8) is 0 Å². The SMILES string of the molecule is C=CCOC(=O)NC(C)COc1cc(C(=O)O)ccc1Cl. The number of rotatable bonds is 7. The Labute approximate surface area is 127 Å². The minimum Gasteiger partial charge on any atom is -0.490 e. The van der Waals surface area contributed by atoms with Crippen LogP contribution < -0.4 is 10.1 Å². The number of ether oxygens (including phenoxy) is 2. The van der Waals surface area contributed by atoms with Crippen molar-refractivity contribution in [3.8, 4) is 5.75 Å². The lowest BCUT2D eigenvalue weighted by Gasteiger charge is -2.15. The van der Waals surface area contributed by atoms with Crippen LogP contribution in [0.15, 0.2) is 30.9 Å². The molecule has 1 aromatic rings. The van der Waals surface area contributed by atoms with E-state index in [1.165, 1.54) is 24.3 Å². The van der Waals surface area contributed by atoms with Crippen molar-refractivity contribution in [1.82, 2.24) is 5.32 Å². The number of alkyl carbamates (subject to hydrolysis) is 1. The maximum Gasteiger partial charge on any atom is 0.407 e. The smallest absolute Gasteiger partial charge is 0.407 e. The number of halogens is 1. The fourth-order valence-corrected chi connectivity index (χ4v) is 1.55. The summed E-state index contributed by atoms with van der Waals surface area (Å²) in [5.41, 5.74) is 0.0698. The van der Waals surface area contributed by atoms with E-state index in [-0.39, 0.29) is 30.6 Å². The molecule has 1 unspecified atom stereocenters. The normalized spacial score (nSPS) is 11.3. The fraction of sp³-hybridized carbons (Fsp3) is 0.286. The van der Waals surface area contributed by atoms with Crippen LogP contribution in [-0.4, -0.2) is 36.4 Å². The average molecular weight is 314 g/mol. The second kappa shape index (κ2) is 8.16. The minimum atomic E-state index is -1.07. The molecule has 0 bridgehead atoms. The summed E-state index contributed by atoms with van der Waals surface area (Å²) < 4.78 is 10.2. The number of carboxylic acid groups (broad SMARTS) is 1. The molecule has 0 aliphatic heterocycles.